The Morgan fingerprint density at radius 2 is 1.68 bits per heavy atom. The number of carbonyl (C=O) groups excluding carboxylic acids is 3. The first kappa shape index (κ1) is 27.3. The van der Waals surface area contributed by atoms with Crippen molar-refractivity contribution >= 4 is 23.7 Å². The minimum Gasteiger partial charge on any atom is -0.480 e. The van der Waals surface area contributed by atoms with Gasteiger partial charge in [0.25, 0.3) is 0 Å². The molecular weight excluding hydrogens is 440 g/mol. The second-order valence-electron chi connectivity index (χ2n) is 9.07. The zero-order valence-electron chi connectivity index (χ0n) is 20.4. The van der Waals surface area contributed by atoms with Crippen LogP contribution in [-0.2, 0) is 25.6 Å². The van der Waals surface area contributed by atoms with Crippen LogP contribution in [0.1, 0.15) is 59.1 Å². The van der Waals surface area contributed by atoms with E-state index in [1.807, 2.05) is 27.7 Å². The molecule has 0 radical (unpaired) electrons. The molecule has 0 aromatic carbocycles. The van der Waals surface area contributed by atoms with E-state index in [1.54, 1.807) is 0 Å². The third-order valence-corrected chi connectivity index (χ3v) is 6.56. The van der Waals surface area contributed by atoms with Crippen LogP contribution < -0.4 is 21.3 Å². The van der Waals surface area contributed by atoms with Crippen molar-refractivity contribution in [1.82, 2.24) is 31.2 Å². The maximum atomic E-state index is 13.2. The summed E-state index contributed by atoms with van der Waals surface area (Å²) in [4.78, 5) is 57.4. The van der Waals surface area contributed by atoms with Gasteiger partial charge in [0, 0.05) is 18.3 Å². The van der Waals surface area contributed by atoms with E-state index in [1.165, 1.54) is 12.5 Å². The average Bonchev–Trinajstić information content (AvgIpc) is 3.53. The van der Waals surface area contributed by atoms with Gasteiger partial charge in [0.1, 0.15) is 18.1 Å². The SMILES string of the molecule is CCC(C)C(NC(=O)C1CCCN1)C(=O)NC(C(=O)NC(Cc1cnc[nH]1)C(=O)O)C(C)CC. The third-order valence-electron chi connectivity index (χ3n) is 6.56. The van der Waals surface area contributed by atoms with Crippen molar-refractivity contribution in [3.05, 3.63) is 18.2 Å². The second-order valence-corrected chi connectivity index (χ2v) is 9.07. The first-order chi connectivity index (χ1) is 16.2. The average molecular weight is 479 g/mol. The number of imidazole rings is 1. The zero-order valence-corrected chi connectivity index (χ0v) is 20.4. The van der Waals surface area contributed by atoms with Gasteiger partial charge in [-0.15, -0.1) is 0 Å². The Morgan fingerprint density at radius 3 is 2.18 bits per heavy atom. The number of nitrogens with one attached hydrogen (secondary N) is 5. The van der Waals surface area contributed by atoms with Gasteiger partial charge in [-0.2, -0.15) is 0 Å². The normalized spacial score (nSPS) is 19.9. The molecule has 2 rings (SSSR count). The van der Waals surface area contributed by atoms with Crippen molar-refractivity contribution in [3.63, 3.8) is 0 Å². The van der Waals surface area contributed by atoms with Gasteiger partial charge >= 0.3 is 5.97 Å². The van der Waals surface area contributed by atoms with Crippen LogP contribution in [0.4, 0.5) is 0 Å². The fourth-order valence-electron chi connectivity index (χ4n) is 3.89. The van der Waals surface area contributed by atoms with Gasteiger partial charge < -0.3 is 31.4 Å². The molecular formula is C23H38N6O5. The highest BCUT2D eigenvalue weighted by atomic mass is 16.4. The van der Waals surface area contributed by atoms with Crippen molar-refractivity contribution in [2.45, 2.75) is 84.0 Å². The van der Waals surface area contributed by atoms with Crippen LogP contribution in [0.3, 0.4) is 0 Å². The smallest absolute Gasteiger partial charge is 0.326 e. The lowest BCUT2D eigenvalue weighted by Crippen LogP contribution is -2.60. The number of amides is 3. The molecule has 11 nitrogen and oxygen atoms in total. The number of aromatic amines is 1. The Labute approximate surface area is 200 Å². The number of aromatic nitrogens is 2. The first-order valence-electron chi connectivity index (χ1n) is 12.0. The molecule has 6 atom stereocenters. The molecule has 1 fully saturated rings. The van der Waals surface area contributed by atoms with Gasteiger partial charge in [0.05, 0.1) is 12.4 Å². The molecule has 34 heavy (non-hydrogen) atoms. The van der Waals surface area contributed by atoms with Crippen LogP contribution in [0, 0.1) is 11.8 Å². The third kappa shape index (κ3) is 7.54. The Balaban J connectivity index is 2.13. The number of carbonyl (C=O) groups is 4. The van der Waals surface area contributed by atoms with Crippen LogP contribution in [0.15, 0.2) is 12.5 Å². The number of H-pyrrole nitrogens is 1. The minimum atomic E-state index is -1.19. The highest BCUT2D eigenvalue weighted by molar-refractivity contribution is 5.94. The molecule has 6 unspecified atom stereocenters. The van der Waals surface area contributed by atoms with Gasteiger partial charge in [-0.1, -0.05) is 40.5 Å². The van der Waals surface area contributed by atoms with E-state index >= 15 is 0 Å². The molecule has 1 saturated heterocycles. The van der Waals surface area contributed by atoms with E-state index in [-0.39, 0.29) is 30.2 Å². The molecule has 11 heteroatoms. The molecule has 0 aliphatic carbocycles. The summed E-state index contributed by atoms with van der Waals surface area (Å²) >= 11 is 0. The largest absolute Gasteiger partial charge is 0.480 e. The van der Waals surface area contributed by atoms with E-state index in [0.717, 1.165) is 13.0 Å². The van der Waals surface area contributed by atoms with E-state index < -0.39 is 35.9 Å². The van der Waals surface area contributed by atoms with Crippen LogP contribution >= 0.6 is 0 Å². The number of hydrogen-bond donors (Lipinski definition) is 6. The maximum absolute atomic E-state index is 13.2. The molecule has 1 aromatic heterocycles. The number of aliphatic carboxylic acids is 1. The summed E-state index contributed by atoms with van der Waals surface area (Å²) in [6, 6.07) is -3.27. The highest BCUT2D eigenvalue weighted by Crippen LogP contribution is 2.14. The van der Waals surface area contributed by atoms with Gasteiger partial charge in [0.2, 0.25) is 17.7 Å². The number of nitrogens with zero attached hydrogens (tertiary/aromatic N) is 1. The monoisotopic (exact) mass is 478 g/mol. The summed E-state index contributed by atoms with van der Waals surface area (Å²) < 4.78 is 0. The van der Waals surface area contributed by atoms with Gasteiger partial charge in [-0.25, -0.2) is 9.78 Å². The quantitative estimate of drug-likeness (QED) is 0.238. The zero-order chi connectivity index (χ0) is 25.3. The van der Waals surface area contributed by atoms with Crippen molar-refractivity contribution < 1.29 is 24.3 Å². The Kier molecular flexibility index (Phi) is 10.5. The Morgan fingerprint density at radius 1 is 1.06 bits per heavy atom. The molecule has 2 heterocycles. The van der Waals surface area contributed by atoms with Crippen molar-refractivity contribution in [1.29, 1.82) is 0 Å². The van der Waals surface area contributed by atoms with Crippen molar-refractivity contribution in [3.8, 4) is 0 Å². The highest BCUT2D eigenvalue weighted by Gasteiger charge is 2.35. The molecule has 0 bridgehead atoms. The number of rotatable bonds is 13. The summed E-state index contributed by atoms with van der Waals surface area (Å²) in [5.41, 5.74) is 0.567. The van der Waals surface area contributed by atoms with E-state index in [0.29, 0.717) is 25.0 Å². The topological polar surface area (TPSA) is 165 Å². The van der Waals surface area contributed by atoms with Gasteiger partial charge in [-0.05, 0) is 31.2 Å². The van der Waals surface area contributed by atoms with Gasteiger partial charge in [-0.3, -0.25) is 14.4 Å². The lowest BCUT2D eigenvalue weighted by molar-refractivity contribution is -0.142. The molecule has 6 N–H and O–H groups in total. The van der Waals surface area contributed by atoms with Gasteiger partial charge in [0.15, 0.2) is 0 Å². The van der Waals surface area contributed by atoms with Crippen molar-refractivity contribution in [2.75, 3.05) is 6.54 Å². The van der Waals surface area contributed by atoms with Crippen molar-refractivity contribution in [2.24, 2.45) is 11.8 Å². The number of carboxylic acids is 1. The van der Waals surface area contributed by atoms with Crippen LogP contribution in [0.2, 0.25) is 0 Å². The predicted octanol–water partition coefficient (Wildman–Crippen LogP) is 0.335. The summed E-state index contributed by atoms with van der Waals surface area (Å²) in [7, 11) is 0. The van der Waals surface area contributed by atoms with Crippen LogP contribution in [0.5, 0.6) is 0 Å². The summed E-state index contributed by atoms with van der Waals surface area (Å²) in [5, 5.41) is 20.9. The van der Waals surface area contributed by atoms with E-state index in [9.17, 15) is 24.3 Å². The lowest BCUT2D eigenvalue weighted by atomic mass is 9.94. The molecule has 190 valence electrons. The first-order valence-corrected chi connectivity index (χ1v) is 12.0. The molecule has 1 aromatic rings. The second kappa shape index (κ2) is 13.1. The minimum absolute atomic E-state index is 0.0299. The fraction of sp³-hybridized carbons (Fsp3) is 0.696. The molecule has 0 spiro atoms. The fourth-order valence-corrected chi connectivity index (χ4v) is 3.89. The Bertz CT molecular complexity index is 824. The molecule has 1 aliphatic rings. The van der Waals surface area contributed by atoms with Crippen LogP contribution in [0.25, 0.3) is 0 Å². The van der Waals surface area contributed by atoms with Crippen LogP contribution in [-0.4, -0.2) is 69.5 Å². The van der Waals surface area contributed by atoms with E-state index in [2.05, 4.69) is 31.2 Å². The number of carboxylic acid groups (broad SMARTS) is 1. The molecule has 1 aliphatic heterocycles. The summed E-state index contributed by atoms with van der Waals surface area (Å²) in [6.45, 7) is 8.26. The standard InChI is InChI=1S/C23H38N6O5/c1-5-13(3)18(21(31)27-17(23(33)34)10-15-11-24-12-26-15)29-22(32)19(14(4)6-2)28-20(30)16-8-7-9-25-16/h11-14,16-19,25H,5-10H2,1-4H3,(H,24,26)(H,27,31)(H,28,30)(H,29,32)(H,33,34). The summed E-state index contributed by atoms with van der Waals surface area (Å²) in [5.74, 6) is -2.87. The maximum Gasteiger partial charge on any atom is 0.326 e. The predicted molar refractivity (Wildman–Crippen MR) is 126 cm³/mol. The molecule has 3 amide bonds. The van der Waals surface area contributed by atoms with E-state index in [4.69, 9.17) is 0 Å². The summed E-state index contributed by atoms with van der Waals surface area (Å²) in [6.07, 6.45) is 5.81. The number of hydrogen-bond acceptors (Lipinski definition) is 6. The lowest BCUT2D eigenvalue weighted by Gasteiger charge is -2.30. The Hall–Kier alpha value is -2.95. The molecule has 0 saturated carbocycles.